The van der Waals surface area contributed by atoms with Gasteiger partial charge in [-0.1, -0.05) is 110 Å². The summed E-state index contributed by atoms with van der Waals surface area (Å²) in [6.45, 7) is 86.8. The van der Waals surface area contributed by atoms with Crippen molar-refractivity contribution in [1.82, 2.24) is 0 Å². The highest BCUT2D eigenvalue weighted by Crippen LogP contribution is 2.34. The lowest BCUT2D eigenvalue weighted by Crippen LogP contribution is -2.68. The van der Waals surface area contributed by atoms with Crippen LogP contribution in [0.5, 0.6) is 0 Å². The van der Waals surface area contributed by atoms with Gasteiger partial charge in [0.1, 0.15) is 0 Å². The van der Waals surface area contributed by atoms with Crippen LogP contribution in [0.2, 0.25) is 260 Å². The Morgan fingerprint density at radius 1 is 0.255 bits per heavy atom. The first kappa shape index (κ1) is 101. The van der Waals surface area contributed by atoms with Crippen LogP contribution in [0.3, 0.4) is 0 Å². The number of hydrogen-bond acceptors (Lipinski definition) is 16. The highest BCUT2D eigenvalue weighted by atomic mass is 28.5. The van der Waals surface area contributed by atoms with E-state index < -0.39 is 183 Å². The van der Waals surface area contributed by atoms with Crippen LogP contribution in [0.1, 0.15) is 22.3 Å². The zero-order valence-corrected chi connectivity index (χ0v) is 95.7. The Bertz CT molecular complexity index is 3060. The minimum Gasteiger partial charge on any atom is -0.442 e. The molecule has 0 spiro atoms. The van der Waals surface area contributed by atoms with Crippen molar-refractivity contribution >= 4 is 210 Å². The maximum Gasteiger partial charge on any atom is 0.505 e. The standard InChI is InChI=1S/C61H122O12Si16.C8H28O4Si5/c1-31-54-32-40-61(41-33-54)89(71-83(25,26)51-48-55-34-42-58(43-35-55)86(62-74(2)3,63-75(4)5)66-78(10,11)12,72-84(27,28)52-49-56-36-44-59(45-37-56)87(64-76(6)7,65-77(8)9)67-79(13,14)15)73-85(29,30)53-50-57-38-46-60(47-39-57)88(68-80(16,17)18,69-81(19,20)21)70-82(22,23)24;1-13(2)9-14(3)10-15(4)11-16(5)12-17(6,7)8/h31-47,74-77H,1,48-53H2,2-30H3;13-16H,1-8H3. The molecule has 3 atom stereocenters. The fraction of sp³-hybridized carbons (Fsp3) is 0.623. The van der Waals surface area contributed by atoms with E-state index >= 15 is 0 Å². The van der Waals surface area contributed by atoms with Gasteiger partial charge in [0.25, 0.3) is 27.9 Å². The van der Waals surface area contributed by atoms with E-state index in [1.54, 1.807) is 0 Å². The van der Waals surface area contributed by atoms with Gasteiger partial charge in [-0.25, -0.2) is 0 Å². The molecular formula is C69H150O16Si21. The smallest absolute Gasteiger partial charge is 0.442 e. The van der Waals surface area contributed by atoms with E-state index in [1.165, 1.54) is 16.7 Å². The highest BCUT2D eigenvalue weighted by molar-refractivity contribution is 6.98. The fourth-order valence-electron chi connectivity index (χ4n) is 11.8. The summed E-state index contributed by atoms with van der Waals surface area (Å²) in [4.78, 5) is 0. The summed E-state index contributed by atoms with van der Waals surface area (Å²) >= 11 is 0. The average molecular weight is 1830 g/mol. The summed E-state index contributed by atoms with van der Waals surface area (Å²) in [5, 5.41) is 4.18. The molecule has 37 heteroatoms. The molecule has 106 heavy (non-hydrogen) atoms. The van der Waals surface area contributed by atoms with E-state index in [0.717, 1.165) is 63.7 Å². The third kappa shape index (κ3) is 39.0. The summed E-state index contributed by atoms with van der Waals surface area (Å²) in [6, 6.07) is 38.3. The summed E-state index contributed by atoms with van der Waals surface area (Å²) < 4.78 is 111. The van der Waals surface area contributed by atoms with E-state index in [2.05, 4.69) is 346 Å². The van der Waals surface area contributed by atoms with Crippen LogP contribution in [0.4, 0.5) is 0 Å². The molecule has 0 bridgehead atoms. The van der Waals surface area contributed by atoms with Crippen LogP contribution >= 0.6 is 0 Å². The van der Waals surface area contributed by atoms with Crippen LogP contribution in [0.15, 0.2) is 104 Å². The van der Waals surface area contributed by atoms with Gasteiger partial charge >= 0.3 is 35.2 Å². The van der Waals surface area contributed by atoms with Gasteiger partial charge in [-0.05, 0) is 302 Å². The Morgan fingerprint density at radius 2 is 0.481 bits per heavy atom. The maximum absolute atomic E-state index is 8.02. The van der Waals surface area contributed by atoms with Gasteiger partial charge in [0.2, 0.25) is 0 Å². The third-order valence-corrected chi connectivity index (χ3v) is 77.7. The molecule has 0 heterocycles. The second-order valence-electron chi connectivity index (χ2n) is 37.4. The summed E-state index contributed by atoms with van der Waals surface area (Å²) in [5.41, 5.74) is 4.78. The largest absolute Gasteiger partial charge is 0.505 e. The van der Waals surface area contributed by atoms with Gasteiger partial charge in [-0.3, -0.25) is 0 Å². The molecule has 4 aromatic rings. The first-order valence-electron chi connectivity index (χ1n) is 39.0. The van der Waals surface area contributed by atoms with Crippen molar-refractivity contribution in [2.24, 2.45) is 0 Å². The summed E-state index contributed by atoms with van der Waals surface area (Å²) in [6.07, 6.45) is 4.43. The van der Waals surface area contributed by atoms with Crippen molar-refractivity contribution in [2.45, 2.75) is 280 Å². The number of aryl methyl sites for hydroxylation is 3. The molecule has 606 valence electrons. The molecule has 4 aromatic carbocycles. The molecule has 0 aliphatic carbocycles. The molecule has 0 aliphatic rings. The van der Waals surface area contributed by atoms with Crippen molar-refractivity contribution in [1.29, 1.82) is 0 Å². The Kier molecular flexibility index (Phi) is 40.0. The van der Waals surface area contributed by atoms with Crippen LogP contribution in [0, 0.1) is 0 Å². The Balaban J connectivity index is 0.00000151. The van der Waals surface area contributed by atoms with Crippen LogP contribution < -0.4 is 20.7 Å². The zero-order chi connectivity index (χ0) is 81.3. The molecular weight excluding hydrogens is 1670 g/mol. The molecule has 16 nitrogen and oxygen atoms in total. The highest BCUT2D eigenvalue weighted by Gasteiger charge is 2.56. The van der Waals surface area contributed by atoms with Crippen molar-refractivity contribution < 1.29 is 65.8 Å². The molecule has 4 rings (SSSR count). The second kappa shape index (κ2) is 42.1. The molecule has 0 radical (unpaired) electrons. The van der Waals surface area contributed by atoms with Crippen LogP contribution in [0.25, 0.3) is 6.08 Å². The lowest BCUT2D eigenvalue weighted by Gasteiger charge is -2.45. The minimum atomic E-state index is -3.75. The zero-order valence-electron chi connectivity index (χ0n) is 73.4. The predicted octanol–water partition coefficient (Wildman–Crippen LogP) is 16.0. The topological polar surface area (TPSA) is 148 Å². The van der Waals surface area contributed by atoms with E-state index in [4.69, 9.17) is 65.8 Å². The second-order valence-corrected chi connectivity index (χ2v) is 110. The number of benzene rings is 4. The van der Waals surface area contributed by atoms with E-state index in [1.807, 2.05) is 6.08 Å². The predicted molar refractivity (Wildman–Crippen MR) is 506 cm³/mol. The maximum atomic E-state index is 8.02. The molecule has 0 saturated carbocycles. The molecule has 0 N–H and O–H groups in total. The van der Waals surface area contributed by atoms with Gasteiger partial charge < -0.3 is 65.8 Å². The Hall–Kier alpha value is 0.535. The summed E-state index contributed by atoms with van der Waals surface area (Å²) in [7, 11) is -44.6. The van der Waals surface area contributed by atoms with Gasteiger partial charge in [0, 0.05) is 20.7 Å². The SMILES string of the molecule is C=Cc1ccc([Si](O[Si](C)(C)CCc2ccc([Si](O[SiH](C)C)(O[SiH](C)C)O[Si](C)(C)C)cc2)(O[Si](C)(C)CCc2ccc([Si](O[SiH](C)C)(O[SiH](C)C)O[Si](C)(C)C)cc2)O[Si](C)(C)CCc2ccc([Si](O[Si](C)(C)C)(O[Si](C)(C)C)O[Si](C)(C)C)cc2)cc1.C[SiH](C)O[SiH](C)O[SiH](C)O[SiH](C)O[Si](C)(C)C. The van der Waals surface area contributed by atoms with Crippen LogP contribution in [-0.2, 0) is 85.1 Å². The quantitative estimate of drug-likeness (QED) is 0.0386. The molecule has 0 aliphatic heterocycles. The van der Waals surface area contributed by atoms with Crippen LogP contribution in [-0.4, -0.2) is 183 Å². The van der Waals surface area contributed by atoms with Gasteiger partial charge in [-0.15, -0.1) is 0 Å². The average Bonchev–Trinajstić information content (AvgIpc) is 0.788. The Labute approximate surface area is 675 Å². The fourth-order valence-corrected chi connectivity index (χ4v) is 79.7. The lowest BCUT2D eigenvalue weighted by atomic mass is 10.2. The monoisotopic (exact) mass is 1820 g/mol. The van der Waals surface area contributed by atoms with Crippen molar-refractivity contribution in [3.05, 3.63) is 126 Å². The van der Waals surface area contributed by atoms with Crippen molar-refractivity contribution in [3.63, 3.8) is 0 Å². The summed E-state index contributed by atoms with van der Waals surface area (Å²) in [5.74, 6) is 0. The molecule has 0 saturated heterocycles. The minimum absolute atomic E-state index is 0.837. The van der Waals surface area contributed by atoms with Gasteiger partial charge in [0.15, 0.2) is 120 Å². The van der Waals surface area contributed by atoms with E-state index in [-0.39, 0.29) is 0 Å². The first-order chi connectivity index (χ1) is 48.0. The normalized spacial score (nSPS) is 14.9. The molecule has 0 fully saturated rings. The van der Waals surface area contributed by atoms with Gasteiger partial charge in [0.05, 0.1) is 0 Å². The van der Waals surface area contributed by atoms with Crippen molar-refractivity contribution in [3.8, 4) is 0 Å². The van der Waals surface area contributed by atoms with Gasteiger partial charge in [-0.2, -0.15) is 0 Å². The molecule has 0 amide bonds. The third-order valence-electron chi connectivity index (χ3n) is 15.2. The first-order valence-corrected chi connectivity index (χ1v) is 95.9. The lowest BCUT2D eigenvalue weighted by molar-refractivity contribution is 0.266. The number of rotatable bonds is 46. The van der Waals surface area contributed by atoms with Crippen molar-refractivity contribution in [2.75, 3.05) is 0 Å². The number of hydrogen-bond donors (Lipinski definition) is 0. The molecule has 0 aromatic heterocycles. The van der Waals surface area contributed by atoms with E-state index in [9.17, 15) is 0 Å². The molecule has 3 unspecified atom stereocenters. The Morgan fingerprint density at radius 3 is 0.717 bits per heavy atom. The van der Waals surface area contributed by atoms with E-state index in [0.29, 0.717) is 0 Å².